The number of hydrogen-bond acceptors (Lipinski definition) is 3. The van der Waals surface area contributed by atoms with E-state index in [0.717, 1.165) is 42.9 Å². The van der Waals surface area contributed by atoms with Gasteiger partial charge in [-0.15, -0.1) is 0 Å². The molecule has 0 unspecified atom stereocenters. The van der Waals surface area contributed by atoms with Gasteiger partial charge in [0.1, 0.15) is 0 Å². The Balaban J connectivity index is 2.71. The van der Waals surface area contributed by atoms with Crippen LogP contribution in [0.25, 0.3) is 0 Å². The van der Waals surface area contributed by atoms with Crippen molar-refractivity contribution < 1.29 is 9.53 Å². The Morgan fingerprint density at radius 1 is 1.35 bits per heavy atom. The van der Waals surface area contributed by atoms with Crippen molar-refractivity contribution >= 4 is 5.78 Å². The van der Waals surface area contributed by atoms with E-state index in [4.69, 9.17) is 4.74 Å². The lowest BCUT2D eigenvalue weighted by molar-refractivity contribution is 0.0987. The van der Waals surface area contributed by atoms with Crippen molar-refractivity contribution in [3.63, 3.8) is 0 Å². The highest BCUT2D eigenvalue weighted by Crippen LogP contribution is 2.15. The number of nitrogens with zero attached hydrogens (tertiary/aromatic N) is 2. The Morgan fingerprint density at radius 3 is 2.65 bits per heavy atom. The molecule has 1 aromatic heterocycles. The second-order valence-corrected chi connectivity index (χ2v) is 4.25. The molecule has 0 aliphatic carbocycles. The van der Waals surface area contributed by atoms with Gasteiger partial charge in [-0.3, -0.25) is 9.48 Å². The number of ketones is 1. The van der Waals surface area contributed by atoms with Gasteiger partial charge in [0.25, 0.3) is 0 Å². The number of rotatable bonds is 7. The first-order valence-electron chi connectivity index (χ1n) is 6.18. The maximum absolute atomic E-state index is 11.8. The van der Waals surface area contributed by atoms with Crippen LogP contribution in [0.15, 0.2) is 0 Å². The SMILES string of the molecule is CCC(=O)c1c(C)nn(CCCCOC)c1C. The van der Waals surface area contributed by atoms with Crippen LogP contribution in [0.1, 0.15) is 47.9 Å². The Labute approximate surface area is 103 Å². The average Bonchev–Trinajstić information content (AvgIpc) is 2.59. The molecule has 4 heteroatoms. The molecule has 96 valence electrons. The van der Waals surface area contributed by atoms with Gasteiger partial charge in [-0.05, 0) is 26.7 Å². The van der Waals surface area contributed by atoms with Crippen molar-refractivity contribution in [2.75, 3.05) is 13.7 Å². The summed E-state index contributed by atoms with van der Waals surface area (Å²) in [6, 6.07) is 0. The molecule has 1 rings (SSSR count). The molecule has 0 aromatic carbocycles. The lowest BCUT2D eigenvalue weighted by Gasteiger charge is -2.04. The number of ether oxygens (including phenoxy) is 1. The zero-order valence-electron chi connectivity index (χ0n) is 11.2. The van der Waals surface area contributed by atoms with Crippen molar-refractivity contribution in [2.24, 2.45) is 0 Å². The number of methoxy groups -OCH3 is 1. The van der Waals surface area contributed by atoms with E-state index in [1.54, 1.807) is 7.11 Å². The molecule has 0 radical (unpaired) electrons. The lowest BCUT2D eigenvalue weighted by Crippen LogP contribution is -2.05. The van der Waals surface area contributed by atoms with Gasteiger partial charge in [0.15, 0.2) is 5.78 Å². The first-order chi connectivity index (χ1) is 8.11. The number of carbonyl (C=O) groups is 1. The molecule has 17 heavy (non-hydrogen) atoms. The van der Waals surface area contributed by atoms with Gasteiger partial charge >= 0.3 is 0 Å². The molecule has 0 spiro atoms. The summed E-state index contributed by atoms with van der Waals surface area (Å²) in [7, 11) is 1.71. The minimum atomic E-state index is 0.183. The van der Waals surface area contributed by atoms with Gasteiger partial charge in [-0.25, -0.2) is 0 Å². The average molecular weight is 238 g/mol. The van der Waals surface area contributed by atoms with Crippen LogP contribution in [0, 0.1) is 13.8 Å². The minimum Gasteiger partial charge on any atom is -0.385 e. The third kappa shape index (κ3) is 3.40. The molecule has 4 nitrogen and oxygen atoms in total. The highest BCUT2D eigenvalue weighted by molar-refractivity contribution is 5.97. The normalized spacial score (nSPS) is 10.8. The van der Waals surface area contributed by atoms with E-state index in [0.29, 0.717) is 6.42 Å². The third-order valence-electron chi connectivity index (χ3n) is 2.95. The highest BCUT2D eigenvalue weighted by atomic mass is 16.5. The molecule has 1 heterocycles. The number of carbonyl (C=O) groups excluding carboxylic acids is 1. The zero-order valence-corrected chi connectivity index (χ0v) is 11.2. The van der Waals surface area contributed by atoms with E-state index in [2.05, 4.69) is 5.10 Å². The van der Waals surface area contributed by atoms with Gasteiger partial charge in [-0.1, -0.05) is 6.92 Å². The maximum Gasteiger partial charge on any atom is 0.166 e. The van der Waals surface area contributed by atoms with Crippen LogP contribution in [-0.2, 0) is 11.3 Å². The number of Topliss-reactive ketones (excluding diaryl/α,β-unsaturated/α-hetero) is 1. The molecule has 0 fully saturated rings. The maximum atomic E-state index is 11.8. The number of aromatic nitrogens is 2. The number of hydrogen-bond donors (Lipinski definition) is 0. The Hall–Kier alpha value is -1.16. The summed E-state index contributed by atoms with van der Waals surface area (Å²) >= 11 is 0. The van der Waals surface area contributed by atoms with Crippen molar-refractivity contribution in [1.29, 1.82) is 0 Å². The molecular formula is C13H22N2O2. The number of aryl methyl sites for hydroxylation is 2. The standard InChI is InChI=1S/C13H22N2O2/c1-5-12(16)13-10(2)14-15(11(13)3)8-6-7-9-17-4/h5-9H2,1-4H3. The molecule has 0 N–H and O–H groups in total. The molecule has 0 aliphatic heterocycles. The van der Waals surface area contributed by atoms with E-state index in [1.807, 2.05) is 25.5 Å². The van der Waals surface area contributed by atoms with Crippen LogP contribution in [0.2, 0.25) is 0 Å². The summed E-state index contributed by atoms with van der Waals surface area (Å²) in [6.45, 7) is 7.39. The van der Waals surface area contributed by atoms with Crippen molar-refractivity contribution in [2.45, 2.75) is 46.6 Å². The van der Waals surface area contributed by atoms with Crippen LogP contribution in [0.4, 0.5) is 0 Å². The van der Waals surface area contributed by atoms with Crippen LogP contribution in [0.5, 0.6) is 0 Å². The molecule has 0 atom stereocenters. The van der Waals surface area contributed by atoms with Crippen molar-refractivity contribution in [3.8, 4) is 0 Å². The summed E-state index contributed by atoms with van der Waals surface area (Å²) in [4.78, 5) is 11.8. The van der Waals surface area contributed by atoms with Crippen LogP contribution < -0.4 is 0 Å². The molecule has 0 aliphatic rings. The molecule has 0 amide bonds. The van der Waals surface area contributed by atoms with Crippen molar-refractivity contribution in [1.82, 2.24) is 9.78 Å². The Morgan fingerprint density at radius 2 is 2.06 bits per heavy atom. The fraction of sp³-hybridized carbons (Fsp3) is 0.692. The fourth-order valence-corrected chi connectivity index (χ4v) is 2.00. The van der Waals surface area contributed by atoms with Crippen LogP contribution in [0.3, 0.4) is 0 Å². The van der Waals surface area contributed by atoms with Crippen LogP contribution in [-0.4, -0.2) is 29.3 Å². The monoisotopic (exact) mass is 238 g/mol. The van der Waals surface area contributed by atoms with E-state index in [-0.39, 0.29) is 5.78 Å². The van der Waals surface area contributed by atoms with Gasteiger partial charge in [0.2, 0.25) is 0 Å². The second kappa shape index (κ2) is 6.55. The third-order valence-corrected chi connectivity index (χ3v) is 2.95. The first kappa shape index (κ1) is 13.9. The fourth-order valence-electron chi connectivity index (χ4n) is 2.00. The molecule has 1 aromatic rings. The van der Waals surface area contributed by atoms with E-state index in [9.17, 15) is 4.79 Å². The van der Waals surface area contributed by atoms with Gasteiger partial charge in [0.05, 0.1) is 11.3 Å². The van der Waals surface area contributed by atoms with Gasteiger partial charge < -0.3 is 4.74 Å². The summed E-state index contributed by atoms with van der Waals surface area (Å²) in [5, 5.41) is 4.43. The highest BCUT2D eigenvalue weighted by Gasteiger charge is 2.16. The summed E-state index contributed by atoms with van der Waals surface area (Å²) < 4.78 is 6.95. The lowest BCUT2D eigenvalue weighted by atomic mass is 10.1. The summed E-state index contributed by atoms with van der Waals surface area (Å²) in [5.41, 5.74) is 2.65. The van der Waals surface area contributed by atoms with E-state index >= 15 is 0 Å². The van der Waals surface area contributed by atoms with Gasteiger partial charge in [0, 0.05) is 32.4 Å². The largest absolute Gasteiger partial charge is 0.385 e. The van der Waals surface area contributed by atoms with E-state index < -0.39 is 0 Å². The quantitative estimate of drug-likeness (QED) is 0.541. The predicted octanol–water partition coefficient (Wildman–Crippen LogP) is 2.52. The minimum absolute atomic E-state index is 0.183. The molecule has 0 saturated heterocycles. The Kier molecular flexibility index (Phi) is 5.35. The van der Waals surface area contributed by atoms with Crippen LogP contribution >= 0.6 is 0 Å². The van der Waals surface area contributed by atoms with Gasteiger partial charge in [-0.2, -0.15) is 5.10 Å². The summed E-state index contributed by atoms with van der Waals surface area (Å²) in [6.07, 6.45) is 2.58. The zero-order chi connectivity index (χ0) is 12.8. The summed E-state index contributed by atoms with van der Waals surface area (Å²) in [5.74, 6) is 0.183. The molecule has 0 saturated carbocycles. The first-order valence-corrected chi connectivity index (χ1v) is 6.18. The van der Waals surface area contributed by atoms with Crippen molar-refractivity contribution in [3.05, 3.63) is 17.0 Å². The molecular weight excluding hydrogens is 216 g/mol. The molecule has 0 bridgehead atoms. The smallest absolute Gasteiger partial charge is 0.166 e. The second-order valence-electron chi connectivity index (χ2n) is 4.25. The number of unbranched alkanes of at least 4 members (excludes halogenated alkanes) is 1. The predicted molar refractivity (Wildman–Crippen MR) is 67.4 cm³/mol. The van der Waals surface area contributed by atoms with E-state index in [1.165, 1.54) is 0 Å². The topological polar surface area (TPSA) is 44.1 Å². The Bertz CT molecular complexity index is 383.